The van der Waals surface area contributed by atoms with Crippen LogP contribution in [0.1, 0.15) is 59.4 Å². The van der Waals surface area contributed by atoms with E-state index < -0.39 is 0 Å². The molecule has 0 bridgehead atoms. The van der Waals surface area contributed by atoms with E-state index in [0.717, 1.165) is 28.8 Å². The van der Waals surface area contributed by atoms with Gasteiger partial charge in [0, 0.05) is 31.4 Å². The number of benzene rings is 2. The summed E-state index contributed by atoms with van der Waals surface area (Å²) in [5.41, 5.74) is 5.35. The molecule has 1 aliphatic rings. The van der Waals surface area contributed by atoms with Gasteiger partial charge < -0.3 is 14.7 Å². The first-order chi connectivity index (χ1) is 14.5. The number of phenolic OH excluding ortho intramolecular Hbond substituents is 1. The zero-order valence-electron chi connectivity index (χ0n) is 17.6. The first kappa shape index (κ1) is 20.2. The third-order valence-electron chi connectivity index (χ3n) is 5.67. The molecule has 1 aromatic heterocycles. The van der Waals surface area contributed by atoms with E-state index >= 15 is 0 Å². The minimum atomic E-state index is -0.215. The Hall–Kier alpha value is -3.12. The Bertz CT molecular complexity index is 1020. The largest absolute Gasteiger partial charge is 0.508 e. The van der Waals surface area contributed by atoms with E-state index in [1.54, 1.807) is 19.2 Å². The number of ether oxygens (including phenoxy) is 1. The normalized spacial score (nSPS) is 15.8. The van der Waals surface area contributed by atoms with Crippen LogP contribution in [0.15, 0.2) is 48.5 Å². The summed E-state index contributed by atoms with van der Waals surface area (Å²) < 4.78 is 5.20. The van der Waals surface area contributed by atoms with Crippen LogP contribution in [0.3, 0.4) is 0 Å². The molecule has 156 valence electrons. The number of nitrogens with zero attached hydrogens (tertiary/aromatic N) is 2. The van der Waals surface area contributed by atoms with Gasteiger partial charge >= 0.3 is 0 Å². The number of nitrogens with one attached hydrogen (secondary N) is 1. The Morgan fingerprint density at radius 3 is 2.47 bits per heavy atom. The highest BCUT2D eigenvalue weighted by Gasteiger charge is 2.41. The molecule has 2 heterocycles. The van der Waals surface area contributed by atoms with Gasteiger partial charge in [0.15, 0.2) is 0 Å². The monoisotopic (exact) mass is 405 g/mol. The fourth-order valence-corrected chi connectivity index (χ4v) is 4.06. The molecule has 1 aliphatic heterocycles. The Morgan fingerprint density at radius 2 is 1.83 bits per heavy atom. The molecule has 3 aromatic rings. The third-order valence-corrected chi connectivity index (χ3v) is 5.67. The number of aromatic nitrogens is 2. The average Bonchev–Trinajstić information content (AvgIpc) is 3.28. The Morgan fingerprint density at radius 1 is 1.13 bits per heavy atom. The number of H-pyrrole nitrogens is 1. The maximum Gasteiger partial charge on any atom is 0.273 e. The molecule has 2 N–H and O–H groups in total. The number of methoxy groups -OCH3 is 1. The summed E-state index contributed by atoms with van der Waals surface area (Å²) in [7, 11) is 1.67. The van der Waals surface area contributed by atoms with Crippen molar-refractivity contribution in [1.82, 2.24) is 15.1 Å². The van der Waals surface area contributed by atoms with Crippen molar-refractivity contribution in [3.8, 4) is 17.0 Å². The van der Waals surface area contributed by atoms with Gasteiger partial charge in [0.05, 0.1) is 11.7 Å². The first-order valence-corrected chi connectivity index (χ1v) is 10.3. The molecule has 0 aliphatic carbocycles. The topological polar surface area (TPSA) is 78.5 Å². The smallest absolute Gasteiger partial charge is 0.273 e. The molecular formula is C24H27N3O3. The lowest BCUT2D eigenvalue weighted by atomic mass is 9.93. The molecule has 0 saturated heterocycles. The molecule has 30 heavy (non-hydrogen) atoms. The molecule has 6 nitrogen and oxygen atoms in total. The highest BCUT2D eigenvalue weighted by Crippen LogP contribution is 2.43. The standard InChI is InChI=1S/C24H27N3O3/c1-15(2)16-5-7-18(8-6-16)23-20-21(17-9-11-19(28)12-10-17)25-26-22(20)24(29)27(23)13-4-14-30-3/h5-12,15,23,28H,4,13-14H2,1-3H3,(H,25,26). The van der Waals surface area contributed by atoms with Crippen molar-refractivity contribution < 1.29 is 14.6 Å². The SMILES string of the molecule is COCCCN1C(=O)c2[nH]nc(-c3ccc(O)cc3)c2C1c1ccc(C(C)C)cc1. The van der Waals surface area contributed by atoms with Gasteiger partial charge in [-0.3, -0.25) is 9.89 Å². The predicted octanol–water partition coefficient (Wildman–Crippen LogP) is 4.49. The van der Waals surface area contributed by atoms with Gasteiger partial charge in [-0.2, -0.15) is 5.10 Å². The third kappa shape index (κ3) is 3.59. The lowest BCUT2D eigenvalue weighted by Crippen LogP contribution is -2.31. The summed E-state index contributed by atoms with van der Waals surface area (Å²) in [5.74, 6) is 0.597. The van der Waals surface area contributed by atoms with Crippen LogP contribution in [0.5, 0.6) is 5.75 Å². The van der Waals surface area contributed by atoms with Crippen molar-refractivity contribution in [2.75, 3.05) is 20.3 Å². The number of carbonyl (C=O) groups excluding carboxylic acids is 1. The van der Waals surface area contributed by atoms with Crippen LogP contribution in [0.25, 0.3) is 11.3 Å². The van der Waals surface area contributed by atoms with Crippen LogP contribution >= 0.6 is 0 Å². The van der Waals surface area contributed by atoms with Crippen molar-refractivity contribution in [3.63, 3.8) is 0 Å². The molecule has 1 atom stereocenters. The summed E-state index contributed by atoms with van der Waals surface area (Å²) in [4.78, 5) is 15.1. The summed E-state index contributed by atoms with van der Waals surface area (Å²) in [6, 6.07) is 15.2. The quantitative estimate of drug-likeness (QED) is 0.568. The maximum absolute atomic E-state index is 13.2. The molecule has 0 spiro atoms. The number of carbonyl (C=O) groups is 1. The minimum Gasteiger partial charge on any atom is -0.508 e. The van der Waals surface area contributed by atoms with Gasteiger partial charge in [-0.05, 0) is 47.7 Å². The van der Waals surface area contributed by atoms with Crippen molar-refractivity contribution in [3.05, 3.63) is 70.9 Å². The minimum absolute atomic E-state index is 0.0448. The molecule has 6 heteroatoms. The number of fused-ring (bicyclic) bond motifs is 1. The van der Waals surface area contributed by atoms with E-state index in [1.165, 1.54) is 5.56 Å². The Kier molecular flexibility index (Phi) is 5.59. The van der Waals surface area contributed by atoms with Gasteiger partial charge in [-0.15, -0.1) is 0 Å². The Labute approximate surface area is 176 Å². The van der Waals surface area contributed by atoms with Crippen molar-refractivity contribution in [1.29, 1.82) is 0 Å². The lowest BCUT2D eigenvalue weighted by Gasteiger charge is -2.26. The number of hydrogen-bond donors (Lipinski definition) is 2. The molecule has 0 fully saturated rings. The van der Waals surface area contributed by atoms with E-state index in [9.17, 15) is 9.90 Å². The predicted molar refractivity (Wildman–Crippen MR) is 116 cm³/mol. The molecular weight excluding hydrogens is 378 g/mol. The summed E-state index contributed by atoms with van der Waals surface area (Å²) in [5, 5.41) is 17.1. The zero-order chi connectivity index (χ0) is 21.3. The fraction of sp³-hybridized carbons (Fsp3) is 0.333. The van der Waals surface area contributed by atoms with Crippen molar-refractivity contribution in [2.24, 2.45) is 0 Å². The van der Waals surface area contributed by atoms with Crippen molar-refractivity contribution >= 4 is 5.91 Å². The maximum atomic E-state index is 13.2. The Balaban J connectivity index is 1.79. The highest BCUT2D eigenvalue weighted by molar-refractivity contribution is 6.00. The van der Waals surface area contributed by atoms with Crippen LogP contribution in [0.4, 0.5) is 0 Å². The van der Waals surface area contributed by atoms with Gasteiger partial charge in [0.2, 0.25) is 0 Å². The van der Waals surface area contributed by atoms with E-state index in [-0.39, 0.29) is 17.7 Å². The number of aromatic amines is 1. The molecule has 0 saturated carbocycles. The summed E-state index contributed by atoms with van der Waals surface area (Å²) >= 11 is 0. The fourth-order valence-electron chi connectivity index (χ4n) is 4.06. The number of phenols is 1. The number of hydrogen-bond acceptors (Lipinski definition) is 4. The molecule has 0 radical (unpaired) electrons. The molecule has 1 amide bonds. The number of amides is 1. The van der Waals surface area contributed by atoms with Gasteiger partial charge in [0.1, 0.15) is 11.4 Å². The second-order valence-electron chi connectivity index (χ2n) is 7.98. The molecule has 2 aromatic carbocycles. The highest BCUT2D eigenvalue weighted by atomic mass is 16.5. The van der Waals surface area contributed by atoms with E-state index in [2.05, 4.69) is 48.3 Å². The molecule has 1 unspecified atom stereocenters. The van der Waals surface area contributed by atoms with E-state index in [1.807, 2.05) is 17.0 Å². The van der Waals surface area contributed by atoms with E-state index in [0.29, 0.717) is 24.8 Å². The number of rotatable bonds is 7. The summed E-state index contributed by atoms with van der Waals surface area (Å²) in [6.45, 7) is 5.53. The van der Waals surface area contributed by atoms with E-state index in [4.69, 9.17) is 4.74 Å². The number of aromatic hydroxyl groups is 1. The van der Waals surface area contributed by atoms with Gasteiger partial charge in [-0.1, -0.05) is 38.1 Å². The van der Waals surface area contributed by atoms with Crippen molar-refractivity contribution in [2.45, 2.75) is 32.2 Å². The second kappa shape index (κ2) is 8.32. The second-order valence-corrected chi connectivity index (χ2v) is 7.98. The van der Waals surface area contributed by atoms with Gasteiger partial charge in [0.25, 0.3) is 5.91 Å². The van der Waals surface area contributed by atoms with Crippen LogP contribution in [0.2, 0.25) is 0 Å². The zero-order valence-corrected chi connectivity index (χ0v) is 17.6. The van der Waals surface area contributed by atoms with Crippen LogP contribution in [0, 0.1) is 0 Å². The summed E-state index contributed by atoms with van der Waals surface area (Å²) in [6.07, 6.45) is 0.759. The van der Waals surface area contributed by atoms with Gasteiger partial charge in [-0.25, -0.2) is 0 Å². The van der Waals surface area contributed by atoms with Crippen LogP contribution in [-0.2, 0) is 4.74 Å². The first-order valence-electron chi connectivity index (χ1n) is 10.3. The average molecular weight is 405 g/mol. The molecule has 4 rings (SSSR count). The van der Waals surface area contributed by atoms with Crippen LogP contribution < -0.4 is 0 Å². The lowest BCUT2D eigenvalue weighted by molar-refractivity contribution is 0.0723. The van der Waals surface area contributed by atoms with Crippen LogP contribution in [-0.4, -0.2) is 46.4 Å².